The van der Waals surface area contributed by atoms with Gasteiger partial charge in [-0.05, 0) is 30.7 Å². The monoisotopic (exact) mass is 261 g/mol. The second-order valence-electron chi connectivity index (χ2n) is 4.56. The van der Waals surface area contributed by atoms with E-state index in [-0.39, 0.29) is 12.6 Å². The highest BCUT2D eigenvalue weighted by atomic mass is 16.3. The number of amides is 2. The number of carbonyl (C=O) groups excluding carboxylic acids is 1. The summed E-state index contributed by atoms with van der Waals surface area (Å²) < 4.78 is 0. The van der Waals surface area contributed by atoms with Crippen LogP contribution >= 0.6 is 0 Å². The maximum Gasteiger partial charge on any atom is 0.319 e. The molecule has 2 aromatic rings. The van der Waals surface area contributed by atoms with Gasteiger partial charge < -0.3 is 20.7 Å². The molecule has 1 unspecified atom stereocenters. The number of H-pyrrole nitrogens is 1. The molecular weight excluding hydrogens is 242 g/mol. The molecule has 1 aromatic carbocycles. The van der Waals surface area contributed by atoms with Crippen molar-refractivity contribution < 1.29 is 9.90 Å². The van der Waals surface area contributed by atoms with E-state index in [1.165, 1.54) is 0 Å². The molecule has 0 bridgehead atoms. The van der Waals surface area contributed by atoms with E-state index in [0.29, 0.717) is 6.42 Å². The van der Waals surface area contributed by atoms with Gasteiger partial charge in [-0.15, -0.1) is 0 Å². The van der Waals surface area contributed by atoms with Gasteiger partial charge in [-0.25, -0.2) is 4.79 Å². The molecule has 2 amide bonds. The minimum Gasteiger partial charge on any atom is -0.391 e. The molecular formula is C14H19N3O2. The Balaban J connectivity index is 1.87. The maximum atomic E-state index is 11.7. The van der Waals surface area contributed by atoms with Crippen molar-refractivity contribution in [2.75, 3.05) is 11.9 Å². The molecule has 2 rings (SSSR count). The van der Waals surface area contributed by atoms with Gasteiger partial charge in [0.1, 0.15) is 0 Å². The molecule has 5 nitrogen and oxygen atoms in total. The summed E-state index contributed by atoms with van der Waals surface area (Å²) in [7, 11) is 0. The molecule has 5 heteroatoms. The first-order valence-corrected chi connectivity index (χ1v) is 6.49. The van der Waals surface area contributed by atoms with E-state index in [1.807, 2.05) is 37.4 Å². The zero-order valence-electron chi connectivity index (χ0n) is 10.9. The van der Waals surface area contributed by atoms with Crippen LogP contribution in [0.5, 0.6) is 0 Å². The molecule has 1 atom stereocenters. The summed E-state index contributed by atoms with van der Waals surface area (Å²) in [6, 6.07) is 7.29. The van der Waals surface area contributed by atoms with Crippen LogP contribution in [0, 0.1) is 0 Å². The summed E-state index contributed by atoms with van der Waals surface area (Å²) in [6.45, 7) is 2.27. The molecule has 0 radical (unpaired) electrons. The lowest BCUT2D eigenvalue weighted by Gasteiger charge is -2.11. The van der Waals surface area contributed by atoms with Crippen LogP contribution in [0.1, 0.15) is 19.8 Å². The van der Waals surface area contributed by atoms with E-state index < -0.39 is 6.10 Å². The Bertz CT molecular complexity index is 550. The molecule has 102 valence electrons. The first-order chi connectivity index (χ1) is 9.19. The molecule has 0 aliphatic heterocycles. The molecule has 0 aliphatic rings. The lowest BCUT2D eigenvalue weighted by molar-refractivity contribution is 0.162. The van der Waals surface area contributed by atoms with Crippen molar-refractivity contribution in [3.05, 3.63) is 30.5 Å². The van der Waals surface area contributed by atoms with Gasteiger partial charge in [-0.1, -0.05) is 13.3 Å². The second-order valence-corrected chi connectivity index (χ2v) is 4.56. The van der Waals surface area contributed by atoms with Crippen LogP contribution in [-0.4, -0.2) is 28.8 Å². The fourth-order valence-electron chi connectivity index (χ4n) is 1.95. The van der Waals surface area contributed by atoms with Crippen LogP contribution in [0.25, 0.3) is 10.9 Å². The number of hydrogen-bond donors (Lipinski definition) is 4. The Morgan fingerprint density at radius 3 is 3.05 bits per heavy atom. The zero-order chi connectivity index (χ0) is 13.7. The molecule has 0 aliphatic carbocycles. The number of benzene rings is 1. The zero-order valence-corrected chi connectivity index (χ0v) is 10.9. The van der Waals surface area contributed by atoms with Gasteiger partial charge in [0.05, 0.1) is 6.10 Å². The number of aromatic amines is 1. The molecule has 0 saturated heterocycles. The first kappa shape index (κ1) is 13.4. The highest BCUT2D eigenvalue weighted by Crippen LogP contribution is 2.17. The van der Waals surface area contributed by atoms with Crippen LogP contribution in [0.2, 0.25) is 0 Å². The summed E-state index contributed by atoms with van der Waals surface area (Å²) in [5, 5.41) is 16.0. The van der Waals surface area contributed by atoms with Gasteiger partial charge in [0, 0.05) is 29.3 Å². The van der Waals surface area contributed by atoms with Crippen molar-refractivity contribution in [3.63, 3.8) is 0 Å². The van der Waals surface area contributed by atoms with Crippen LogP contribution in [0.4, 0.5) is 10.5 Å². The second kappa shape index (κ2) is 6.24. The first-order valence-electron chi connectivity index (χ1n) is 6.49. The number of carbonyl (C=O) groups is 1. The molecule has 0 saturated carbocycles. The smallest absolute Gasteiger partial charge is 0.319 e. The van der Waals surface area contributed by atoms with E-state index in [4.69, 9.17) is 0 Å². The number of hydrogen-bond acceptors (Lipinski definition) is 2. The van der Waals surface area contributed by atoms with Crippen molar-refractivity contribution in [1.82, 2.24) is 10.3 Å². The van der Waals surface area contributed by atoms with Crippen LogP contribution in [0.15, 0.2) is 30.5 Å². The fraction of sp³-hybridized carbons (Fsp3) is 0.357. The van der Waals surface area contributed by atoms with Crippen LogP contribution in [-0.2, 0) is 0 Å². The summed E-state index contributed by atoms with van der Waals surface area (Å²) in [6.07, 6.45) is 2.96. The largest absolute Gasteiger partial charge is 0.391 e. The Morgan fingerprint density at radius 2 is 2.26 bits per heavy atom. The highest BCUT2D eigenvalue weighted by molar-refractivity contribution is 5.92. The molecule has 19 heavy (non-hydrogen) atoms. The number of aliphatic hydroxyl groups is 1. The third-order valence-corrected chi connectivity index (χ3v) is 2.93. The number of urea groups is 1. The SMILES string of the molecule is CCCC(O)CNC(=O)Nc1ccc2[nH]ccc2c1. The molecule has 0 fully saturated rings. The quantitative estimate of drug-likeness (QED) is 0.667. The lowest BCUT2D eigenvalue weighted by atomic mass is 10.2. The van der Waals surface area contributed by atoms with Gasteiger partial charge >= 0.3 is 6.03 Å². The predicted molar refractivity (Wildman–Crippen MR) is 76.2 cm³/mol. The Hall–Kier alpha value is -2.01. The van der Waals surface area contributed by atoms with Crippen molar-refractivity contribution in [2.24, 2.45) is 0 Å². The summed E-state index contributed by atoms with van der Waals surface area (Å²) in [4.78, 5) is 14.7. The van der Waals surface area contributed by atoms with E-state index in [1.54, 1.807) is 0 Å². The summed E-state index contributed by atoms with van der Waals surface area (Å²) in [5.74, 6) is 0. The summed E-state index contributed by atoms with van der Waals surface area (Å²) in [5.41, 5.74) is 1.76. The number of nitrogens with one attached hydrogen (secondary N) is 3. The van der Waals surface area contributed by atoms with Crippen LogP contribution in [0.3, 0.4) is 0 Å². The number of anilines is 1. The van der Waals surface area contributed by atoms with E-state index in [9.17, 15) is 9.90 Å². The van der Waals surface area contributed by atoms with E-state index >= 15 is 0 Å². The van der Waals surface area contributed by atoms with Gasteiger partial charge in [-0.2, -0.15) is 0 Å². The molecule has 1 heterocycles. The number of aromatic nitrogens is 1. The Kier molecular flexibility index (Phi) is 4.41. The predicted octanol–water partition coefficient (Wildman–Crippen LogP) is 2.45. The standard InChI is InChI=1S/C14H19N3O2/c1-2-3-12(18)9-16-14(19)17-11-4-5-13-10(8-11)6-7-15-13/h4-8,12,15,18H,2-3,9H2,1H3,(H2,16,17,19). The third kappa shape index (κ3) is 3.72. The van der Waals surface area contributed by atoms with Crippen molar-refractivity contribution in [1.29, 1.82) is 0 Å². The van der Waals surface area contributed by atoms with Gasteiger partial charge in [0.2, 0.25) is 0 Å². The maximum absolute atomic E-state index is 11.7. The lowest BCUT2D eigenvalue weighted by Crippen LogP contribution is -2.35. The average molecular weight is 261 g/mol. The number of fused-ring (bicyclic) bond motifs is 1. The topological polar surface area (TPSA) is 77.2 Å². The normalized spacial score (nSPS) is 12.3. The third-order valence-electron chi connectivity index (χ3n) is 2.93. The Labute approximate surface area is 112 Å². The van der Waals surface area contributed by atoms with Crippen molar-refractivity contribution in [2.45, 2.75) is 25.9 Å². The van der Waals surface area contributed by atoms with Gasteiger partial charge in [0.15, 0.2) is 0 Å². The molecule has 4 N–H and O–H groups in total. The van der Waals surface area contributed by atoms with E-state index in [0.717, 1.165) is 23.0 Å². The molecule has 0 spiro atoms. The molecule has 1 aromatic heterocycles. The average Bonchev–Trinajstić information content (AvgIpc) is 2.84. The minimum atomic E-state index is -0.483. The number of rotatable bonds is 5. The van der Waals surface area contributed by atoms with Gasteiger partial charge in [-0.3, -0.25) is 0 Å². The van der Waals surface area contributed by atoms with Crippen molar-refractivity contribution >= 4 is 22.6 Å². The van der Waals surface area contributed by atoms with Crippen molar-refractivity contribution in [3.8, 4) is 0 Å². The summed E-state index contributed by atoms with van der Waals surface area (Å²) >= 11 is 0. The van der Waals surface area contributed by atoms with Gasteiger partial charge in [0.25, 0.3) is 0 Å². The number of aliphatic hydroxyl groups excluding tert-OH is 1. The minimum absolute atomic E-state index is 0.270. The highest BCUT2D eigenvalue weighted by Gasteiger charge is 2.06. The fourth-order valence-corrected chi connectivity index (χ4v) is 1.95. The Morgan fingerprint density at radius 1 is 1.42 bits per heavy atom. The van der Waals surface area contributed by atoms with Crippen LogP contribution < -0.4 is 10.6 Å². The van der Waals surface area contributed by atoms with E-state index in [2.05, 4.69) is 15.6 Å².